The third kappa shape index (κ3) is 5.78. The first kappa shape index (κ1) is 20.3. The minimum atomic E-state index is -0.340. The minimum Gasteiger partial charge on any atom is -0.352 e. The van der Waals surface area contributed by atoms with Crippen LogP contribution in [-0.2, 0) is 16.1 Å². The van der Waals surface area contributed by atoms with E-state index >= 15 is 0 Å². The Morgan fingerprint density at radius 2 is 1.75 bits per heavy atom. The molecule has 2 aromatic carbocycles. The topological polar surface area (TPSA) is 61.4 Å². The first-order chi connectivity index (χ1) is 13.5. The maximum Gasteiger partial charge on any atom is 0.238 e. The average molecular weight is 404 g/mol. The van der Waals surface area contributed by atoms with Gasteiger partial charge in [0.1, 0.15) is 5.82 Å². The van der Waals surface area contributed by atoms with Crippen LogP contribution >= 0.6 is 11.6 Å². The molecule has 7 heteroatoms. The van der Waals surface area contributed by atoms with Crippen LogP contribution in [0.4, 0.5) is 10.1 Å². The summed E-state index contributed by atoms with van der Waals surface area (Å²) < 4.78 is 12.9. The molecule has 2 N–H and O–H groups in total. The van der Waals surface area contributed by atoms with Crippen LogP contribution in [0, 0.1) is 11.7 Å². The van der Waals surface area contributed by atoms with Crippen molar-refractivity contribution in [2.75, 3.05) is 25.0 Å². The fourth-order valence-electron chi connectivity index (χ4n) is 3.26. The summed E-state index contributed by atoms with van der Waals surface area (Å²) in [5, 5.41) is 6.35. The van der Waals surface area contributed by atoms with Crippen molar-refractivity contribution >= 4 is 29.1 Å². The zero-order valence-corrected chi connectivity index (χ0v) is 16.2. The Morgan fingerprint density at radius 3 is 2.43 bits per heavy atom. The van der Waals surface area contributed by atoms with E-state index in [2.05, 4.69) is 10.6 Å². The summed E-state index contributed by atoms with van der Waals surface area (Å²) in [7, 11) is 0. The standard InChI is InChI=1S/C21H23ClFN3O2/c22-19-4-2-1-3-16(19)13-24-21(28)15-9-11-26(12-10-15)14-20(27)25-18-7-5-17(23)6-8-18/h1-8,15H,9-14H2,(H,24,28)(H,25,27). The van der Waals surface area contributed by atoms with Crippen LogP contribution in [0.2, 0.25) is 5.02 Å². The highest BCUT2D eigenvalue weighted by molar-refractivity contribution is 6.31. The lowest BCUT2D eigenvalue weighted by Gasteiger charge is -2.30. The molecular weight excluding hydrogens is 381 g/mol. The molecule has 0 bridgehead atoms. The van der Waals surface area contributed by atoms with Gasteiger partial charge >= 0.3 is 0 Å². The van der Waals surface area contributed by atoms with Gasteiger partial charge in [-0.15, -0.1) is 0 Å². The molecule has 0 saturated carbocycles. The zero-order chi connectivity index (χ0) is 19.9. The molecule has 5 nitrogen and oxygen atoms in total. The molecule has 1 aliphatic heterocycles. The molecule has 1 heterocycles. The third-order valence-electron chi connectivity index (χ3n) is 4.86. The van der Waals surface area contributed by atoms with E-state index in [1.807, 2.05) is 23.1 Å². The fraction of sp³-hybridized carbons (Fsp3) is 0.333. The molecule has 2 aromatic rings. The highest BCUT2D eigenvalue weighted by Gasteiger charge is 2.25. The molecular formula is C21H23ClFN3O2. The van der Waals surface area contributed by atoms with Gasteiger partial charge in [0.2, 0.25) is 11.8 Å². The Labute approximate surface area is 168 Å². The Morgan fingerprint density at radius 1 is 1.07 bits per heavy atom. The van der Waals surface area contributed by atoms with Crippen LogP contribution in [0.5, 0.6) is 0 Å². The van der Waals surface area contributed by atoms with Crippen molar-refractivity contribution in [2.45, 2.75) is 19.4 Å². The Hall–Kier alpha value is -2.44. The predicted octanol–water partition coefficient (Wildman–Crippen LogP) is 3.45. The summed E-state index contributed by atoms with van der Waals surface area (Å²) in [5.74, 6) is -0.518. The SMILES string of the molecule is O=C(CN1CCC(C(=O)NCc2ccccc2Cl)CC1)Nc1ccc(F)cc1. The molecule has 1 aliphatic rings. The largest absolute Gasteiger partial charge is 0.352 e. The lowest BCUT2D eigenvalue weighted by molar-refractivity contribution is -0.126. The third-order valence-corrected chi connectivity index (χ3v) is 5.23. The van der Waals surface area contributed by atoms with Gasteiger partial charge in [0, 0.05) is 23.2 Å². The van der Waals surface area contributed by atoms with E-state index in [9.17, 15) is 14.0 Å². The number of rotatable bonds is 6. The van der Waals surface area contributed by atoms with Crippen LogP contribution in [0.15, 0.2) is 48.5 Å². The monoisotopic (exact) mass is 403 g/mol. The van der Waals surface area contributed by atoms with E-state index in [0.717, 1.165) is 5.56 Å². The number of hydrogen-bond donors (Lipinski definition) is 2. The molecule has 0 atom stereocenters. The minimum absolute atomic E-state index is 0.0235. The van der Waals surface area contributed by atoms with E-state index in [0.29, 0.717) is 43.2 Å². The number of carbonyl (C=O) groups excluding carboxylic acids is 2. The molecule has 3 rings (SSSR count). The quantitative estimate of drug-likeness (QED) is 0.776. The highest BCUT2D eigenvalue weighted by Crippen LogP contribution is 2.19. The van der Waals surface area contributed by atoms with Crippen molar-refractivity contribution in [1.82, 2.24) is 10.2 Å². The summed E-state index contributed by atoms with van der Waals surface area (Å²) in [6.45, 7) is 2.03. The molecule has 2 amide bonds. The summed E-state index contributed by atoms with van der Waals surface area (Å²) in [6, 6.07) is 13.1. The summed E-state index contributed by atoms with van der Waals surface area (Å²) in [4.78, 5) is 26.6. The average Bonchev–Trinajstić information content (AvgIpc) is 2.69. The maximum atomic E-state index is 12.9. The number of nitrogens with zero attached hydrogens (tertiary/aromatic N) is 1. The Balaban J connectivity index is 1.40. The van der Waals surface area contributed by atoms with Gasteiger partial charge < -0.3 is 10.6 Å². The van der Waals surface area contributed by atoms with Crippen molar-refractivity contribution in [3.05, 3.63) is 64.9 Å². The van der Waals surface area contributed by atoms with E-state index in [-0.39, 0.29) is 30.1 Å². The van der Waals surface area contributed by atoms with Crippen LogP contribution in [-0.4, -0.2) is 36.3 Å². The number of halogens is 2. The van der Waals surface area contributed by atoms with E-state index in [1.165, 1.54) is 24.3 Å². The number of benzene rings is 2. The van der Waals surface area contributed by atoms with Crippen molar-refractivity contribution in [3.8, 4) is 0 Å². The summed E-state index contributed by atoms with van der Waals surface area (Å²) in [6.07, 6.45) is 1.41. The Kier molecular flexibility index (Phi) is 7.01. The number of hydrogen-bond acceptors (Lipinski definition) is 3. The second kappa shape index (κ2) is 9.66. The molecule has 0 spiro atoms. The number of piperidine rings is 1. The molecule has 0 radical (unpaired) electrons. The van der Waals surface area contributed by atoms with Crippen LogP contribution in [0.3, 0.4) is 0 Å². The van der Waals surface area contributed by atoms with Crippen molar-refractivity contribution in [2.24, 2.45) is 5.92 Å². The number of carbonyl (C=O) groups is 2. The van der Waals surface area contributed by atoms with Gasteiger partial charge in [0.15, 0.2) is 0 Å². The van der Waals surface area contributed by atoms with Gasteiger partial charge in [-0.05, 0) is 61.8 Å². The molecule has 0 aromatic heterocycles. The fourth-order valence-corrected chi connectivity index (χ4v) is 3.46. The molecule has 1 fully saturated rings. The number of likely N-dealkylation sites (tertiary alicyclic amines) is 1. The zero-order valence-electron chi connectivity index (χ0n) is 15.5. The summed E-state index contributed by atoms with van der Waals surface area (Å²) >= 11 is 6.11. The molecule has 0 unspecified atom stereocenters. The van der Waals surface area contributed by atoms with Gasteiger partial charge in [0.25, 0.3) is 0 Å². The van der Waals surface area contributed by atoms with Gasteiger partial charge in [-0.3, -0.25) is 14.5 Å². The van der Waals surface area contributed by atoms with Gasteiger partial charge in [0.05, 0.1) is 6.54 Å². The van der Waals surface area contributed by atoms with Crippen molar-refractivity contribution in [3.63, 3.8) is 0 Å². The van der Waals surface area contributed by atoms with Gasteiger partial charge in [-0.1, -0.05) is 29.8 Å². The van der Waals surface area contributed by atoms with Gasteiger partial charge in [-0.25, -0.2) is 4.39 Å². The lowest BCUT2D eigenvalue weighted by atomic mass is 9.96. The number of anilines is 1. The van der Waals surface area contributed by atoms with Crippen LogP contribution < -0.4 is 10.6 Å². The Bertz CT molecular complexity index is 821. The maximum absolute atomic E-state index is 12.9. The summed E-state index contributed by atoms with van der Waals surface area (Å²) in [5.41, 5.74) is 1.47. The lowest BCUT2D eigenvalue weighted by Crippen LogP contribution is -2.43. The van der Waals surface area contributed by atoms with Crippen molar-refractivity contribution < 1.29 is 14.0 Å². The van der Waals surface area contributed by atoms with E-state index in [1.54, 1.807) is 6.07 Å². The number of nitrogens with one attached hydrogen (secondary N) is 2. The second-order valence-corrected chi connectivity index (χ2v) is 7.32. The van der Waals surface area contributed by atoms with E-state index in [4.69, 9.17) is 11.6 Å². The van der Waals surface area contributed by atoms with Crippen molar-refractivity contribution in [1.29, 1.82) is 0 Å². The van der Waals surface area contributed by atoms with Gasteiger partial charge in [-0.2, -0.15) is 0 Å². The first-order valence-electron chi connectivity index (χ1n) is 9.30. The smallest absolute Gasteiger partial charge is 0.238 e. The molecule has 0 aliphatic carbocycles. The second-order valence-electron chi connectivity index (χ2n) is 6.91. The molecule has 1 saturated heterocycles. The first-order valence-corrected chi connectivity index (χ1v) is 9.68. The highest BCUT2D eigenvalue weighted by atomic mass is 35.5. The molecule has 148 valence electrons. The molecule has 28 heavy (non-hydrogen) atoms. The predicted molar refractivity (Wildman–Crippen MR) is 107 cm³/mol. The van der Waals surface area contributed by atoms with Crippen LogP contribution in [0.25, 0.3) is 0 Å². The van der Waals surface area contributed by atoms with E-state index < -0.39 is 0 Å². The van der Waals surface area contributed by atoms with Crippen LogP contribution in [0.1, 0.15) is 18.4 Å². The number of amides is 2. The normalized spacial score (nSPS) is 15.2.